The van der Waals surface area contributed by atoms with Crippen LogP contribution in [-0.2, 0) is 0 Å². The molecule has 5 heteroatoms. The molecular weight excluding hydrogens is 348 g/mol. The Morgan fingerprint density at radius 1 is 1.43 bits per heavy atom. The smallest absolute Gasteiger partial charge is 0.266 e. The first-order valence-electron chi connectivity index (χ1n) is 7.27. The first kappa shape index (κ1) is 14.9. The number of carbonyl (C=O) groups is 1. The summed E-state index contributed by atoms with van der Waals surface area (Å²) in [7, 11) is 0. The summed E-state index contributed by atoms with van der Waals surface area (Å²) >= 11 is 4.96. The number of hydrogen-bond donors (Lipinski definition) is 1. The second-order valence-electron chi connectivity index (χ2n) is 5.84. The Bertz CT molecular complexity index is 697. The average molecular weight is 367 g/mol. The van der Waals surface area contributed by atoms with E-state index < -0.39 is 0 Å². The van der Waals surface area contributed by atoms with Crippen LogP contribution >= 0.6 is 27.3 Å². The van der Waals surface area contributed by atoms with E-state index >= 15 is 0 Å². The van der Waals surface area contributed by atoms with Gasteiger partial charge in [-0.1, -0.05) is 28.9 Å². The minimum Gasteiger partial charge on any atom is -0.397 e. The van der Waals surface area contributed by atoms with Crippen LogP contribution in [0.2, 0.25) is 0 Å². The van der Waals surface area contributed by atoms with E-state index in [0.29, 0.717) is 16.5 Å². The van der Waals surface area contributed by atoms with Gasteiger partial charge in [-0.25, -0.2) is 0 Å². The van der Waals surface area contributed by atoms with Crippen molar-refractivity contribution >= 4 is 48.9 Å². The number of anilines is 1. The minimum absolute atomic E-state index is 0.0869. The number of rotatable bonds is 1. The number of thiophene rings is 1. The largest absolute Gasteiger partial charge is 0.397 e. The van der Waals surface area contributed by atoms with Crippen molar-refractivity contribution in [1.29, 1.82) is 0 Å². The zero-order valence-electron chi connectivity index (χ0n) is 12.2. The monoisotopic (exact) mass is 366 g/mol. The van der Waals surface area contributed by atoms with Gasteiger partial charge in [-0.15, -0.1) is 11.3 Å². The molecule has 2 aromatic rings. The van der Waals surface area contributed by atoms with Crippen LogP contribution in [-0.4, -0.2) is 23.4 Å². The molecule has 0 spiro atoms. The SMILES string of the molecule is CC1CCCN(C(=O)c2sc3cc(Br)ccc3c2N)C1C. The highest BCUT2D eigenvalue weighted by Crippen LogP contribution is 2.37. The summed E-state index contributed by atoms with van der Waals surface area (Å²) in [5, 5.41) is 0.976. The van der Waals surface area contributed by atoms with Crippen LogP contribution in [0.1, 0.15) is 36.4 Å². The highest BCUT2D eigenvalue weighted by Gasteiger charge is 2.31. The molecule has 2 unspecified atom stereocenters. The highest BCUT2D eigenvalue weighted by molar-refractivity contribution is 9.10. The lowest BCUT2D eigenvalue weighted by molar-refractivity contribution is 0.0557. The summed E-state index contributed by atoms with van der Waals surface area (Å²) in [5.74, 6) is 0.635. The van der Waals surface area contributed by atoms with Crippen LogP contribution in [0.15, 0.2) is 22.7 Å². The van der Waals surface area contributed by atoms with Crippen molar-refractivity contribution in [2.45, 2.75) is 32.7 Å². The van der Waals surface area contributed by atoms with Gasteiger partial charge in [0.2, 0.25) is 0 Å². The Labute approximate surface area is 137 Å². The summed E-state index contributed by atoms with van der Waals surface area (Å²) in [4.78, 5) is 15.6. The lowest BCUT2D eigenvalue weighted by Crippen LogP contribution is -2.45. The van der Waals surface area contributed by atoms with E-state index in [1.807, 2.05) is 23.1 Å². The number of hydrogen-bond acceptors (Lipinski definition) is 3. The van der Waals surface area contributed by atoms with E-state index in [4.69, 9.17) is 5.73 Å². The third-order valence-corrected chi connectivity index (χ3v) is 6.17. The van der Waals surface area contributed by atoms with E-state index in [9.17, 15) is 4.79 Å². The van der Waals surface area contributed by atoms with Crippen molar-refractivity contribution in [2.75, 3.05) is 12.3 Å². The predicted molar refractivity (Wildman–Crippen MR) is 92.8 cm³/mol. The molecule has 3 nitrogen and oxygen atoms in total. The quantitative estimate of drug-likeness (QED) is 0.806. The van der Waals surface area contributed by atoms with E-state index in [2.05, 4.69) is 29.8 Å². The average Bonchev–Trinajstić information content (AvgIpc) is 2.78. The van der Waals surface area contributed by atoms with Crippen molar-refractivity contribution in [1.82, 2.24) is 4.90 Å². The Kier molecular flexibility index (Phi) is 3.97. The van der Waals surface area contributed by atoms with Crippen LogP contribution in [0.4, 0.5) is 5.69 Å². The molecule has 1 aliphatic heterocycles. The Morgan fingerprint density at radius 3 is 2.95 bits per heavy atom. The lowest BCUT2D eigenvalue weighted by Gasteiger charge is -2.37. The molecule has 21 heavy (non-hydrogen) atoms. The van der Waals surface area contributed by atoms with Crippen molar-refractivity contribution in [2.24, 2.45) is 5.92 Å². The molecule has 3 rings (SSSR count). The molecule has 112 valence electrons. The maximum atomic E-state index is 12.9. The maximum Gasteiger partial charge on any atom is 0.266 e. The summed E-state index contributed by atoms with van der Waals surface area (Å²) in [6.07, 6.45) is 2.27. The molecule has 1 saturated heterocycles. The third kappa shape index (κ3) is 2.57. The van der Waals surface area contributed by atoms with Gasteiger partial charge in [-0.05, 0) is 37.8 Å². The standard InChI is InChI=1S/C16H19BrN2OS/c1-9-4-3-7-19(10(9)2)16(20)15-14(18)12-6-5-11(17)8-13(12)21-15/h5-6,8-10H,3-4,7,18H2,1-2H3. The van der Waals surface area contributed by atoms with E-state index in [1.165, 1.54) is 17.8 Å². The van der Waals surface area contributed by atoms with Gasteiger partial charge in [0.1, 0.15) is 4.88 Å². The van der Waals surface area contributed by atoms with Gasteiger partial charge < -0.3 is 10.6 Å². The van der Waals surface area contributed by atoms with Gasteiger partial charge >= 0.3 is 0 Å². The van der Waals surface area contributed by atoms with Gasteiger partial charge in [0.25, 0.3) is 5.91 Å². The number of piperidine rings is 1. The van der Waals surface area contributed by atoms with Crippen molar-refractivity contribution in [3.05, 3.63) is 27.5 Å². The van der Waals surface area contributed by atoms with Crippen LogP contribution in [0, 0.1) is 5.92 Å². The molecule has 2 heterocycles. The van der Waals surface area contributed by atoms with Crippen LogP contribution < -0.4 is 5.73 Å². The van der Waals surface area contributed by atoms with Gasteiger partial charge in [-0.3, -0.25) is 4.79 Å². The predicted octanol–water partition coefficient (Wildman–Crippen LogP) is 4.51. The Balaban J connectivity index is 1.99. The molecule has 1 amide bonds. The first-order chi connectivity index (χ1) is 9.99. The number of fused-ring (bicyclic) bond motifs is 1. The Morgan fingerprint density at radius 2 is 2.19 bits per heavy atom. The van der Waals surface area contributed by atoms with Crippen LogP contribution in [0.25, 0.3) is 10.1 Å². The second kappa shape index (κ2) is 5.61. The zero-order chi connectivity index (χ0) is 15.1. The zero-order valence-corrected chi connectivity index (χ0v) is 14.6. The van der Waals surface area contributed by atoms with Gasteiger partial charge in [-0.2, -0.15) is 0 Å². The maximum absolute atomic E-state index is 12.9. The van der Waals surface area contributed by atoms with E-state index in [1.54, 1.807) is 0 Å². The van der Waals surface area contributed by atoms with Crippen LogP contribution in [0.5, 0.6) is 0 Å². The topological polar surface area (TPSA) is 46.3 Å². The molecule has 0 aliphatic carbocycles. The number of benzene rings is 1. The molecule has 1 fully saturated rings. The second-order valence-corrected chi connectivity index (χ2v) is 7.81. The fraction of sp³-hybridized carbons (Fsp3) is 0.438. The number of amides is 1. The van der Waals surface area contributed by atoms with Gasteiger partial charge in [0.05, 0.1) is 5.69 Å². The number of nitrogens with zero attached hydrogens (tertiary/aromatic N) is 1. The summed E-state index contributed by atoms with van der Waals surface area (Å²) in [5.41, 5.74) is 6.85. The Hall–Kier alpha value is -1.07. The molecule has 1 aliphatic rings. The normalized spacial score (nSPS) is 22.7. The fourth-order valence-electron chi connectivity index (χ4n) is 3.00. The van der Waals surface area contributed by atoms with Crippen molar-refractivity contribution < 1.29 is 4.79 Å². The lowest BCUT2D eigenvalue weighted by atomic mass is 9.92. The first-order valence-corrected chi connectivity index (χ1v) is 8.88. The third-order valence-electron chi connectivity index (χ3n) is 4.52. The number of nitrogens with two attached hydrogens (primary N) is 1. The summed E-state index contributed by atoms with van der Waals surface area (Å²) < 4.78 is 2.07. The molecule has 0 saturated carbocycles. The molecule has 2 N–H and O–H groups in total. The summed E-state index contributed by atoms with van der Waals surface area (Å²) in [6, 6.07) is 6.24. The van der Waals surface area contributed by atoms with E-state index in [-0.39, 0.29) is 11.9 Å². The molecular formula is C16H19BrN2OS. The van der Waals surface area contributed by atoms with Crippen molar-refractivity contribution in [3.8, 4) is 0 Å². The minimum atomic E-state index is 0.0869. The molecule has 1 aromatic carbocycles. The number of carbonyl (C=O) groups excluding carboxylic acids is 1. The van der Waals surface area contributed by atoms with Crippen molar-refractivity contribution in [3.63, 3.8) is 0 Å². The van der Waals surface area contributed by atoms with Crippen LogP contribution in [0.3, 0.4) is 0 Å². The number of nitrogen functional groups attached to an aromatic ring is 1. The molecule has 0 radical (unpaired) electrons. The molecule has 1 aromatic heterocycles. The fourth-order valence-corrected chi connectivity index (χ4v) is 4.63. The summed E-state index contributed by atoms with van der Waals surface area (Å²) in [6.45, 7) is 5.19. The number of likely N-dealkylation sites (tertiary alicyclic amines) is 1. The number of halogens is 1. The van der Waals surface area contributed by atoms with Gasteiger partial charge in [0.15, 0.2) is 0 Å². The highest BCUT2D eigenvalue weighted by atomic mass is 79.9. The van der Waals surface area contributed by atoms with E-state index in [0.717, 1.165) is 27.5 Å². The molecule has 2 atom stereocenters. The molecule has 0 bridgehead atoms. The van der Waals surface area contributed by atoms with Gasteiger partial charge in [0, 0.05) is 27.1 Å².